The maximum absolute atomic E-state index is 15.2. The van der Waals surface area contributed by atoms with Crippen LogP contribution in [-0.2, 0) is 29.4 Å². The number of anilines is 1. The van der Waals surface area contributed by atoms with E-state index in [1.807, 2.05) is 6.08 Å². The summed E-state index contributed by atoms with van der Waals surface area (Å²) in [5.74, 6) is -5.57. The van der Waals surface area contributed by atoms with Crippen LogP contribution < -0.4 is 10.2 Å². The quantitative estimate of drug-likeness (QED) is 0.116. The van der Waals surface area contributed by atoms with Gasteiger partial charge in [0.15, 0.2) is 0 Å². The Kier molecular flexibility index (Phi) is 9.52. The normalized spacial score (nSPS) is 26.5. The molecule has 2 aliphatic carbocycles. The van der Waals surface area contributed by atoms with Crippen molar-refractivity contribution in [1.82, 2.24) is 9.91 Å². The summed E-state index contributed by atoms with van der Waals surface area (Å²) < 4.78 is 5.44. The molecule has 4 amide bonds. The average Bonchev–Trinajstić information content (AvgIpc) is 3.50. The van der Waals surface area contributed by atoms with E-state index in [-0.39, 0.29) is 48.4 Å². The molecule has 3 fully saturated rings. The maximum Gasteiger partial charge on any atom is 0.303 e. The van der Waals surface area contributed by atoms with Crippen LogP contribution in [0.15, 0.2) is 78.4 Å². The van der Waals surface area contributed by atoms with Crippen molar-refractivity contribution >= 4 is 58.5 Å². The molecule has 52 heavy (non-hydrogen) atoms. The molecule has 2 heterocycles. The molecule has 270 valence electrons. The first-order chi connectivity index (χ1) is 25.0. The number of rotatable bonds is 11. The van der Waals surface area contributed by atoms with Crippen molar-refractivity contribution in [2.75, 3.05) is 19.1 Å². The van der Waals surface area contributed by atoms with E-state index in [1.54, 1.807) is 48.5 Å². The van der Waals surface area contributed by atoms with Crippen LogP contribution in [0.3, 0.4) is 0 Å². The fourth-order valence-electron chi connectivity index (χ4n) is 8.89. The molecule has 0 aromatic heterocycles. The van der Waals surface area contributed by atoms with Gasteiger partial charge in [0.25, 0.3) is 11.8 Å². The van der Waals surface area contributed by atoms with E-state index in [4.69, 9.17) is 33.0 Å². The van der Waals surface area contributed by atoms with Gasteiger partial charge in [-0.25, -0.2) is 0 Å². The molecular formula is C39H37Cl2N3O8. The van der Waals surface area contributed by atoms with E-state index in [1.165, 1.54) is 30.2 Å². The first-order valence-electron chi connectivity index (χ1n) is 17.3. The number of nitrogens with one attached hydrogen (secondary N) is 1. The maximum atomic E-state index is 15.2. The number of fused-ring (bicyclic) bond motifs is 4. The van der Waals surface area contributed by atoms with E-state index < -0.39 is 52.8 Å². The van der Waals surface area contributed by atoms with Gasteiger partial charge in [-0.2, -0.15) is 5.01 Å². The molecule has 6 unspecified atom stereocenters. The molecule has 7 rings (SSSR count). The summed E-state index contributed by atoms with van der Waals surface area (Å²) >= 11 is 12.7. The average molecular weight is 747 g/mol. The number of carboxylic acid groups (broad SMARTS) is 1. The third-order valence-corrected chi connectivity index (χ3v) is 11.7. The van der Waals surface area contributed by atoms with Gasteiger partial charge in [0.1, 0.15) is 11.5 Å². The van der Waals surface area contributed by atoms with Gasteiger partial charge in [-0.3, -0.25) is 34.3 Å². The van der Waals surface area contributed by atoms with Gasteiger partial charge < -0.3 is 14.9 Å². The highest BCUT2D eigenvalue weighted by atomic mass is 35.5. The first-order valence-corrected chi connectivity index (χ1v) is 18.0. The monoisotopic (exact) mass is 745 g/mol. The molecule has 2 aliphatic heterocycles. The molecule has 2 saturated heterocycles. The van der Waals surface area contributed by atoms with Crippen LogP contribution in [0.25, 0.3) is 0 Å². The van der Waals surface area contributed by atoms with Crippen LogP contribution in [0.4, 0.5) is 5.69 Å². The Balaban J connectivity index is 1.34. The molecule has 0 spiro atoms. The zero-order chi connectivity index (χ0) is 36.9. The second-order valence-electron chi connectivity index (χ2n) is 13.8. The lowest BCUT2D eigenvalue weighted by atomic mass is 9.49. The Bertz CT molecular complexity index is 1980. The van der Waals surface area contributed by atoms with Gasteiger partial charge in [-0.05, 0) is 85.2 Å². The first kappa shape index (κ1) is 35.5. The van der Waals surface area contributed by atoms with Crippen molar-refractivity contribution < 1.29 is 38.9 Å². The molecule has 3 aromatic carbocycles. The number of carbonyl (C=O) groups excluding carboxylic acids is 4. The van der Waals surface area contributed by atoms with Crippen molar-refractivity contribution in [1.29, 1.82) is 0 Å². The van der Waals surface area contributed by atoms with Crippen LogP contribution in [0, 0.1) is 23.7 Å². The summed E-state index contributed by atoms with van der Waals surface area (Å²) in [4.78, 5) is 70.3. The standard InChI is InChI=1S/C39H37Cl2N3O8/c1-52-25-13-8-22(9-14-25)39-29(36(49)44(38(39)51)42-31-17-10-23(40)19-30(31)41)20-28-26(34(39)21-6-11-24(45)12-7-21)15-16-27-33(28)37(50)43(35(27)48)18-4-2-3-5-32(46)47/h6-15,17,19,27-29,33-34,42,45H,2-5,16,18,20H2,1H3,(H,46,47). The second-order valence-corrected chi connectivity index (χ2v) is 14.7. The number of hydrogen-bond donors (Lipinski definition) is 3. The van der Waals surface area contributed by atoms with Crippen molar-refractivity contribution in [2.45, 2.75) is 49.9 Å². The molecule has 3 N–H and O–H groups in total. The summed E-state index contributed by atoms with van der Waals surface area (Å²) in [6.45, 7) is 0.184. The van der Waals surface area contributed by atoms with E-state index in [0.29, 0.717) is 46.8 Å². The smallest absolute Gasteiger partial charge is 0.303 e. The molecule has 6 atom stereocenters. The highest BCUT2D eigenvalue weighted by Crippen LogP contribution is 2.64. The molecule has 0 bridgehead atoms. The van der Waals surface area contributed by atoms with Crippen molar-refractivity contribution in [3.63, 3.8) is 0 Å². The van der Waals surface area contributed by atoms with E-state index >= 15 is 4.79 Å². The van der Waals surface area contributed by atoms with Gasteiger partial charge in [-0.1, -0.05) is 65.5 Å². The van der Waals surface area contributed by atoms with Crippen molar-refractivity contribution in [3.05, 3.63) is 99.6 Å². The lowest BCUT2D eigenvalue weighted by Gasteiger charge is -2.50. The fraction of sp³-hybridized carbons (Fsp3) is 0.359. The Morgan fingerprint density at radius 3 is 2.33 bits per heavy atom. The number of benzene rings is 3. The molecule has 13 heteroatoms. The van der Waals surface area contributed by atoms with Crippen LogP contribution in [0.5, 0.6) is 11.5 Å². The Hall–Kier alpha value is -4.87. The zero-order valence-electron chi connectivity index (χ0n) is 28.3. The van der Waals surface area contributed by atoms with Crippen LogP contribution >= 0.6 is 23.2 Å². The molecule has 11 nitrogen and oxygen atoms in total. The number of ether oxygens (including phenoxy) is 1. The Morgan fingerprint density at radius 2 is 1.65 bits per heavy atom. The number of carboxylic acids is 1. The molecule has 1 saturated carbocycles. The predicted octanol–water partition coefficient (Wildman–Crippen LogP) is 6.34. The molecular weight excluding hydrogens is 709 g/mol. The molecule has 0 radical (unpaired) electrons. The summed E-state index contributed by atoms with van der Waals surface area (Å²) in [5, 5.41) is 20.9. The van der Waals surface area contributed by atoms with Crippen LogP contribution in [0.2, 0.25) is 10.0 Å². The number of likely N-dealkylation sites (tertiary alicyclic amines) is 1. The predicted molar refractivity (Wildman–Crippen MR) is 192 cm³/mol. The minimum atomic E-state index is -1.50. The summed E-state index contributed by atoms with van der Waals surface area (Å²) in [6.07, 6.45) is 3.86. The van der Waals surface area contributed by atoms with E-state index in [9.17, 15) is 24.3 Å². The SMILES string of the molecule is COc1ccc(C23C(=O)N(Nc4ccc(Cl)cc4Cl)C(=O)C2CC2C(=CCC4C(=O)N(CCCCCC(=O)O)C(=O)C42)C3c2ccc(O)cc2)cc1. The number of allylic oxidation sites excluding steroid dienone is 2. The topological polar surface area (TPSA) is 154 Å². The number of methoxy groups -OCH3 is 1. The highest BCUT2D eigenvalue weighted by molar-refractivity contribution is 6.36. The van der Waals surface area contributed by atoms with Gasteiger partial charge in [0.05, 0.1) is 41.0 Å². The largest absolute Gasteiger partial charge is 0.508 e. The van der Waals surface area contributed by atoms with Gasteiger partial charge in [-0.15, -0.1) is 0 Å². The molecule has 4 aliphatic rings. The third kappa shape index (κ3) is 5.80. The fourth-order valence-corrected chi connectivity index (χ4v) is 9.34. The van der Waals surface area contributed by atoms with E-state index in [0.717, 1.165) is 10.6 Å². The number of nitrogens with zero attached hydrogens (tertiary/aromatic N) is 2. The number of aliphatic carboxylic acids is 1. The number of carbonyl (C=O) groups is 5. The third-order valence-electron chi connectivity index (χ3n) is 11.2. The lowest BCUT2D eigenvalue weighted by Crippen LogP contribution is -2.53. The highest BCUT2D eigenvalue weighted by Gasteiger charge is 2.70. The van der Waals surface area contributed by atoms with E-state index in [2.05, 4.69) is 5.43 Å². The summed E-state index contributed by atoms with van der Waals surface area (Å²) in [6, 6.07) is 18.2. The number of unbranched alkanes of at least 4 members (excludes halogenated alkanes) is 2. The second kappa shape index (κ2) is 13.9. The van der Waals surface area contributed by atoms with Crippen molar-refractivity contribution in [2.24, 2.45) is 23.7 Å². The number of amides is 4. The number of halogens is 2. The Morgan fingerprint density at radius 1 is 0.923 bits per heavy atom. The summed E-state index contributed by atoms with van der Waals surface area (Å²) in [7, 11) is 1.54. The lowest BCUT2D eigenvalue weighted by molar-refractivity contribution is -0.141. The number of aromatic hydroxyl groups is 1. The number of imide groups is 2. The van der Waals surface area contributed by atoms with Crippen LogP contribution in [-0.4, -0.2) is 63.4 Å². The number of hydrogen-bond acceptors (Lipinski definition) is 8. The number of phenolic OH excluding ortho intramolecular Hbond substituents is 1. The number of hydrazine groups is 1. The minimum absolute atomic E-state index is 0.0152. The van der Waals surface area contributed by atoms with Gasteiger partial charge >= 0.3 is 5.97 Å². The minimum Gasteiger partial charge on any atom is -0.508 e. The molecule has 3 aromatic rings. The zero-order valence-corrected chi connectivity index (χ0v) is 29.8. The van der Waals surface area contributed by atoms with Crippen LogP contribution in [0.1, 0.15) is 55.6 Å². The summed E-state index contributed by atoms with van der Waals surface area (Å²) in [5.41, 5.74) is 3.78. The van der Waals surface area contributed by atoms with Gasteiger partial charge in [0.2, 0.25) is 11.8 Å². The number of phenols is 1. The van der Waals surface area contributed by atoms with Gasteiger partial charge in [0, 0.05) is 23.9 Å². The van der Waals surface area contributed by atoms with Crippen molar-refractivity contribution in [3.8, 4) is 11.5 Å². The Labute approximate surface area is 310 Å².